The average molecular weight is 492 g/mol. The predicted molar refractivity (Wildman–Crippen MR) is 136 cm³/mol. The van der Waals surface area contributed by atoms with Gasteiger partial charge in [0.05, 0.1) is 16.3 Å². The lowest BCUT2D eigenvalue weighted by atomic mass is 10.1. The molecule has 0 atom stereocenters. The van der Waals surface area contributed by atoms with Crippen LogP contribution in [0.1, 0.15) is 15.9 Å². The van der Waals surface area contributed by atoms with Crippen LogP contribution in [-0.4, -0.2) is 32.3 Å². The maximum Gasteiger partial charge on any atom is 0.257 e. The van der Waals surface area contributed by atoms with Crippen molar-refractivity contribution in [1.82, 2.24) is 14.8 Å². The molecule has 0 aliphatic heterocycles. The van der Waals surface area contributed by atoms with E-state index < -0.39 is 0 Å². The quantitative estimate of drug-likeness (QED) is 0.337. The molecule has 1 aromatic heterocycles. The Bertz CT molecular complexity index is 1320. The smallest absolute Gasteiger partial charge is 0.257 e. The van der Waals surface area contributed by atoms with Gasteiger partial charge in [-0.25, -0.2) is 0 Å². The molecule has 4 aromatic rings. The van der Waals surface area contributed by atoms with Crippen LogP contribution in [0.4, 0.5) is 11.4 Å². The number of thioether (sulfide) groups is 1. The SMILES string of the molecule is Cc1ccc(NC(=O)CSc2nnc(-c3ccc(NC(=O)c4ccccc4Cl)cc3)n2C)cc1. The van der Waals surface area contributed by atoms with Gasteiger partial charge in [0.1, 0.15) is 0 Å². The summed E-state index contributed by atoms with van der Waals surface area (Å²) in [5.41, 5.74) is 3.78. The van der Waals surface area contributed by atoms with Crippen LogP contribution in [0.2, 0.25) is 5.02 Å². The third-order valence-corrected chi connectivity index (χ3v) is 6.37. The number of carbonyl (C=O) groups is 2. The second-order valence-corrected chi connectivity index (χ2v) is 8.93. The highest BCUT2D eigenvalue weighted by Gasteiger charge is 2.14. The number of nitrogens with one attached hydrogen (secondary N) is 2. The van der Waals surface area contributed by atoms with Crippen LogP contribution in [0.3, 0.4) is 0 Å². The molecule has 0 aliphatic carbocycles. The summed E-state index contributed by atoms with van der Waals surface area (Å²) in [4.78, 5) is 24.7. The fourth-order valence-corrected chi connectivity index (χ4v) is 4.14. The number of nitrogens with zero attached hydrogens (tertiary/aromatic N) is 3. The van der Waals surface area contributed by atoms with E-state index in [4.69, 9.17) is 11.6 Å². The van der Waals surface area contributed by atoms with Crippen LogP contribution in [0, 0.1) is 6.92 Å². The van der Waals surface area contributed by atoms with Gasteiger partial charge in [-0.3, -0.25) is 9.59 Å². The maximum atomic E-state index is 12.4. The summed E-state index contributed by atoms with van der Waals surface area (Å²) in [5, 5.41) is 15.2. The minimum absolute atomic E-state index is 0.114. The summed E-state index contributed by atoms with van der Waals surface area (Å²) >= 11 is 7.41. The van der Waals surface area contributed by atoms with E-state index >= 15 is 0 Å². The van der Waals surface area contributed by atoms with E-state index in [2.05, 4.69) is 20.8 Å². The number of benzene rings is 3. The van der Waals surface area contributed by atoms with Gasteiger partial charge >= 0.3 is 0 Å². The Kier molecular flexibility index (Phi) is 7.30. The largest absolute Gasteiger partial charge is 0.325 e. The lowest BCUT2D eigenvalue weighted by Crippen LogP contribution is -2.14. The Morgan fingerprint density at radius 1 is 0.912 bits per heavy atom. The number of hydrogen-bond acceptors (Lipinski definition) is 5. The van der Waals surface area contributed by atoms with Crippen LogP contribution in [0.5, 0.6) is 0 Å². The Morgan fingerprint density at radius 2 is 1.56 bits per heavy atom. The molecule has 172 valence electrons. The van der Waals surface area contributed by atoms with Gasteiger partial charge in [0.25, 0.3) is 5.91 Å². The summed E-state index contributed by atoms with van der Waals surface area (Å²) in [6.07, 6.45) is 0. The lowest BCUT2D eigenvalue weighted by Gasteiger charge is -2.08. The minimum Gasteiger partial charge on any atom is -0.325 e. The highest BCUT2D eigenvalue weighted by atomic mass is 35.5. The van der Waals surface area contributed by atoms with Crippen molar-refractivity contribution in [2.24, 2.45) is 7.05 Å². The van der Waals surface area contributed by atoms with Crippen LogP contribution < -0.4 is 10.6 Å². The zero-order chi connectivity index (χ0) is 24.1. The number of anilines is 2. The molecule has 4 rings (SSSR count). The first-order valence-corrected chi connectivity index (χ1v) is 11.8. The van der Waals surface area contributed by atoms with Crippen molar-refractivity contribution in [2.75, 3.05) is 16.4 Å². The fourth-order valence-electron chi connectivity index (χ4n) is 3.20. The van der Waals surface area contributed by atoms with Crippen molar-refractivity contribution >= 4 is 46.6 Å². The van der Waals surface area contributed by atoms with Crippen LogP contribution in [0.25, 0.3) is 11.4 Å². The van der Waals surface area contributed by atoms with Gasteiger partial charge in [0, 0.05) is 24.0 Å². The van der Waals surface area contributed by atoms with Gasteiger partial charge in [0.2, 0.25) is 5.91 Å². The molecule has 0 spiro atoms. The second-order valence-electron chi connectivity index (χ2n) is 7.58. The molecule has 0 unspecified atom stereocenters. The van der Waals surface area contributed by atoms with Crippen molar-refractivity contribution in [2.45, 2.75) is 12.1 Å². The molecule has 0 radical (unpaired) electrons. The maximum absolute atomic E-state index is 12.4. The van der Waals surface area contributed by atoms with E-state index in [1.165, 1.54) is 11.8 Å². The average Bonchev–Trinajstić information content (AvgIpc) is 3.20. The molecule has 7 nitrogen and oxygen atoms in total. The van der Waals surface area contributed by atoms with Gasteiger partial charge < -0.3 is 15.2 Å². The Labute approximate surface area is 206 Å². The summed E-state index contributed by atoms with van der Waals surface area (Å²) in [6, 6.07) is 21.8. The Morgan fingerprint density at radius 3 is 2.26 bits per heavy atom. The molecule has 0 fully saturated rings. The first-order chi connectivity index (χ1) is 16.4. The summed E-state index contributed by atoms with van der Waals surface area (Å²) in [7, 11) is 1.85. The highest BCUT2D eigenvalue weighted by molar-refractivity contribution is 7.99. The molecule has 0 saturated carbocycles. The van der Waals surface area contributed by atoms with E-state index in [1.807, 2.05) is 54.9 Å². The molecule has 0 saturated heterocycles. The number of amides is 2. The number of aryl methyl sites for hydroxylation is 1. The number of rotatable bonds is 7. The summed E-state index contributed by atoms with van der Waals surface area (Å²) < 4.78 is 1.83. The standard InChI is InChI=1S/C25H22ClN5O2S/c1-16-7-11-18(12-8-16)27-22(32)15-34-25-30-29-23(31(25)2)17-9-13-19(14-10-17)28-24(33)20-5-3-4-6-21(20)26/h3-14H,15H2,1-2H3,(H,27,32)(H,28,33). The minimum atomic E-state index is -0.278. The van der Waals surface area contributed by atoms with Crippen LogP contribution in [0.15, 0.2) is 78.0 Å². The number of halogens is 1. The van der Waals surface area contributed by atoms with E-state index in [0.717, 1.165) is 16.8 Å². The van der Waals surface area contributed by atoms with E-state index in [1.54, 1.807) is 36.4 Å². The molecule has 1 heterocycles. The van der Waals surface area contributed by atoms with E-state index in [9.17, 15) is 9.59 Å². The molecule has 3 aromatic carbocycles. The monoisotopic (exact) mass is 491 g/mol. The first kappa shape index (κ1) is 23.5. The van der Waals surface area contributed by atoms with Gasteiger partial charge in [0.15, 0.2) is 11.0 Å². The van der Waals surface area contributed by atoms with Crippen molar-refractivity contribution in [3.63, 3.8) is 0 Å². The van der Waals surface area contributed by atoms with Crippen molar-refractivity contribution in [3.05, 3.63) is 88.9 Å². The molecular formula is C25H22ClN5O2S. The normalized spacial score (nSPS) is 10.7. The zero-order valence-electron chi connectivity index (χ0n) is 18.6. The van der Waals surface area contributed by atoms with Crippen molar-refractivity contribution in [1.29, 1.82) is 0 Å². The molecule has 9 heteroatoms. The molecule has 2 N–H and O–H groups in total. The Hall–Kier alpha value is -3.62. The topological polar surface area (TPSA) is 88.9 Å². The van der Waals surface area contributed by atoms with Gasteiger partial charge in [-0.2, -0.15) is 0 Å². The van der Waals surface area contributed by atoms with Crippen LogP contribution >= 0.6 is 23.4 Å². The van der Waals surface area contributed by atoms with Gasteiger partial charge in [-0.05, 0) is 55.5 Å². The third-order valence-electron chi connectivity index (χ3n) is 5.02. The fraction of sp³-hybridized carbons (Fsp3) is 0.120. The number of aromatic nitrogens is 3. The van der Waals surface area contributed by atoms with Gasteiger partial charge in [-0.1, -0.05) is 53.2 Å². The first-order valence-electron chi connectivity index (χ1n) is 10.5. The molecular weight excluding hydrogens is 470 g/mol. The van der Waals surface area contributed by atoms with Crippen molar-refractivity contribution < 1.29 is 9.59 Å². The number of hydrogen-bond donors (Lipinski definition) is 2. The Balaban J connectivity index is 1.37. The molecule has 0 bridgehead atoms. The third kappa shape index (κ3) is 5.65. The summed E-state index contributed by atoms with van der Waals surface area (Å²) in [6.45, 7) is 2.00. The van der Waals surface area contributed by atoms with Crippen LogP contribution in [-0.2, 0) is 11.8 Å². The summed E-state index contributed by atoms with van der Waals surface area (Å²) in [5.74, 6) is 0.481. The van der Waals surface area contributed by atoms with Gasteiger partial charge in [-0.15, -0.1) is 10.2 Å². The van der Waals surface area contributed by atoms with Crippen molar-refractivity contribution in [3.8, 4) is 11.4 Å². The highest BCUT2D eigenvalue weighted by Crippen LogP contribution is 2.25. The molecule has 2 amide bonds. The van der Waals surface area contributed by atoms with E-state index in [0.29, 0.717) is 27.3 Å². The molecule has 0 aliphatic rings. The lowest BCUT2D eigenvalue weighted by molar-refractivity contribution is -0.113. The van der Waals surface area contributed by atoms with E-state index in [-0.39, 0.29) is 17.6 Å². The molecule has 34 heavy (non-hydrogen) atoms. The zero-order valence-corrected chi connectivity index (χ0v) is 20.2. The number of carbonyl (C=O) groups excluding carboxylic acids is 2. The predicted octanol–water partition coefficient (Wildman–Crippen LogP) is 5.43. The second kappa shape index (κ2) is 10.5.